The van der Waals surface area contributed by atoms with Crippen molar-refractivity contribution in [1.82, 2.24) is 24.2 Å². The van der Waals surface area contributed by atoms with Gasteiger partial charge in [0.1, 0.15) is 12.1 Å². The molecule has 1 saturated heterocycles. The van der Waals surface area contributed by atoms with Gasteiger partial charge in [0.25, 0.3) is 5.56 Å². The van der Waals surface area contributed by atoms with Crippen LogP contribution in [0.3, 0.4) is 0 Å². The van der Waals surface area contributed by atoms with Gasteiger partial charge in [-0.2, -0.15) is 0 Å². The number of rotatable bonds is 5. The van der Waals surface area contributed by atoms with E-state index in [2.05, 4.69) is 15.2 Å². The van der Waals surface area contributed by atoms with E-state index in [1.165, 1.54) is 30.3 Å². The zero-order valence-corrected chi connectivity index (χ0v) is 15.4. The molecule has 4 rings (SSSR count). The highest BCUT2D eigenvalue weighted by molar-refractivity contribution is 5.80. The first-order chi connectivity index (χ1) is 13.2. The van der Waals surface area contributed by atoms with Crippen LogP contribution < -0.4 is 10.9 Å². The number of nitrogens with zero attached hydrogens (tertiary/aromatic N) is 4. The first-order valence-electron chi connectivity index (χ1n) is 9.68. The predicted octanol–water partition coefficient (Wildman–Crippen LogP) is 1.64. The Kier molecular flexibility index (Phi) is 5.20. The molecular formula is C20H25N5O2. The normalized spacial score (nSPS) is 15.9. The van der Waals surface area contributed by atoms with E-state index in [0.717, 1.165) is 25.2 Å². The Morgan fingerprint density at radius 1 is 1.07 bits per heavy atom. The molecule has 0 spiro atoms. The molecule has 0 saturated carbocycles. The van der Waals surface area contributed by atoms with Crippen LogP contribution in [-0.4, -0.2) is 50.9 Å². The maximum absolute atomic E-state index is 12.8. The first-order valence-corrected chi connectivity index (χ1v) is 9.68. The van der Waals surface area contributed by atoms with Crippen molar-refractivity contribution < 1.29 is 4.79 Å². The fraction of sp³-hybridized carbons (Fsp3) is 0.450. The van der Waals surface area contributed by atoms with Crippen LogP contribution in [0.15, 0.2) is 41.5 Å². The maximum Gasteiger partial charge on any atom is 0.276 e. The number of amides is 1. The summed E-state index contributed by atoms with van der Waals surface area (Å²) in [5, 5.41) is 2.96. The highest BCUT2D eigenvalue weighted by Crippen LogP contribution is 2.12. The number of carbonyl (C=O) groups is 1. The standard InChI is InChI=1S/C20H25N5O2/c26-18(21-10-14-23-11-3-1-2-4-12-23)15-25-19-16(7-5-9-22-19)24-13-6-8-17(24)20(25)27/h5-9,13H,1-4,10-12,14-15H2,(H,21,26). The largest absolute Gasteiger partial charge is 0.353 e. The average molecular weight is 367 g/mol. The number of hydrogen-bond donors (Lipinski definition) is 1. The Labute approximate surface area is 157 Å². The Hall–Kier alpha value is -2.67. The molecule has 0 aliphatic carbocycles. The smallest absolute Gasteiger partial charge is 0.276 e. The summed E-state index contributed by atoms with van der Waals surface area (Å²) in [6, 6.07) is 7.33. The molecule has 27 heavy (non-hydrogen) atoms. The summed E-state index contributed by atoms with van der Waals surface area (Å²) in [5.41, 5.74) is 1.69. The molecule has 3 aromatic rings. The van der Waals surface area contributed by atoms with Gasteiger partial charge in [-0.1, -0.05) is 12.8 Å². The monoisotopic (exact) mass is 367 g/mol. The van der Waals surface area contributed by atoms with Gasteiger partial charge in [0.2, 0.25) is 5.91 Å². The third-order valence-electron chi connectivity index (χ3n) is 5.24. The maximum atomic E-state index is 12.8. The Morgan fingerprint density at radius 2 is 1.85 bits per heavy atom. The van der Waals surface area contributed by atoms with E-state index in [1.54, 1.807) is 12.3 Å². The molecule has 7 nitrogen and oxygen atoms in total. The second-order valence-corrected chi connectivity index (χ2v) is 7.11. The van der Waals surface area contributed by atoms with Gasteiger partial charge in [-0.05, 0) is 50.2 Å². The zero-order chi connectivity index (χ0) is 18.6. The Balaban J connectivity index is 1.48. The third-order valence-corrected chi connectivity index (χ3v) is 5.24. The second-order valence-electron chi connectivity index (χ2n) is 7.11. The number of fused-ring (bicyclic) bond motifs is 3. The zero-order valence-electron chi connectivity index (χ0n) is 15.4. The fourth-order valence-electron chi connectivity index (χ4n) is 3.84. The highest BCUT2D eigenvalue weighted by atomic mass is 16.2. The number of nitrogens with one attached hydrogen (secondary N) is 1. The predicted molar refractivity (Wildman–Crippen MR) is 105 cm³/mol. The van der Waals surface area contributed by atoms with Crippen LogP contribution in [0, 0.1) is 0 Å². The van der Waals surface area contributed by atoms with Gasteiger partial charge in [-0.25, -0.2) is 4.98 Å². The lowest BCUT2D eigenvalue weighted by Gasteiger charge is -2.19. The minimum absolute atomic E-state index is 0.0198. The lowest BCUT2D eigenvalue weighted by molar-refractivity contribution is -0.121. The molecule has 3 aromatic heterocycles. The van der Waals surface area contributed by atoms with Crippen molar-refractivity contribution in [3.05, 3.63) is 47.0 Å². The number of pyridine rings is 1. The van der Waals surface area contributed by atoms with Crippen LogP contribution >= 0.6 is 0 Å². The van der Waals surface area contributed by atoms with Crippen LogP contribution in [-0.2, 0) is 11.3 Å². The quantitative estimate of drug-likeness (QED) is 0.744. The third kappa shape index (κ3) is 3.73. The van der Waals surface area contributed by atoms with Crippen LogP contribution in [0.2, 0.25) is 0 Å². The van der Waals surface area contributed by atoms with E-state index in [0.29, 0.717) is 17.7 Å². The minimum Gasteiger partial charge on any atom is -0.353 e. The van der Waals surface area contributed by atoms with Gasteiger partial charge in [-0.3, -0.25) is 14.2 Å². The van der Waals surface area contributed by atoms with Gasteiger partial charge < -0.3 is 14.6 Å². The summed E-state index contributed by atoms with van der Waals surface area (Å²) in [4.78, 5) is 32.0. The fourth-order valence-corrected chi connectivity index (χ4v) is 3.84. The van der Waals surface area contributed by atoms with E-state index in [4.69, 9.17) is 0 Å². The summed E-state index contributed by atoms with van der Waals surface area (Å²) in [6.45, 7) is 3.65. The molecule has 0 atom stereocenters. The molecule has 1 N–H and O–H groups in total. The van der Waals surface area contributed by atoms with E-state index < -0.39 is 0 Å². The van der Waals surface area contributed by atoms with Crippen molar-refractivity contribution >= 4 is 22.6 Å². The van der Waals surface area contributed by atoms with Crippen molar-refractivity contribution in [2.45, 2.75) is 32.2 Å². The van der Waals surface area contributed by atoms with E-state index in [1.807, 2.05) is 28.8 Å². The topological polar surface area (TPSA) is 71.6 Å². The van der Waals surface area contributed by atoms with Crippen molar-refractivity contribution in [1.29, 1.82) is 0 Å². The average Bonchev–Trinajstić information content (AvgIpc) is 3.04. The first kappa shape index (κ1) is 17.7. The number of likely N-dealkylation sites (tertiary alicyclic amines) is 1. The van der Waals surface area contributed by atoms with Crippen LogP contribution in [0.25, 0.3) is 16.7 Å². The van der Waals surface area contributed by atoms with Gasteiger partial charge in [0.15, 0.2) is 5.65 Å². The molecule has 1 aliphatic rings. The summed E-state index contributed by atoms with van der Waals surface area (Å²) >= 11 is 0. The SMILES string of the molecule is O=C(Cn1c(=O)c2cccn2c2cccnc21)NCCN1CCCCCC1. The number of aromatic nitrogens is 3. The molecular weight excluding hydrogens is 342 g/mol. The van der Waals surface area contributed by atoms with E-state index in [9.17, 15) is 9.59 Å². The van der Waals surface area contributed by atoms with Crippen LogP contribution in [0.1, 0.15) is 25.7 Å². The summed E-state index contributed by atoms with van der Waals surface area (Å²) in [6.07, 6.45) is 8.55. The Bertz CT molecular complexity index is 998. The van der Waals surface area contributed by atoms with Crippen molar-refractivity contribution in [3.63, 3.8) is 0 Å². The number of carbonyl (C=O) groups excluding carboxylic acids is 1. The molecule has 1 fully saturated rings. The van der Waals surface area contributed by atoms with Gasteiger partial charge in [0.05, 0.1) is 5.52 Å². The molecule has 1 amide bonds. The van der Waals surface area contributed by atoms with Crippen molar-refractivity contribution in [3.8, 4) is 0 Å². The molecule has 0 aromatic carbocycles. The number of hydrogen-bond acceptors (Lipinski definition) is 4. The molecule has 7 heteroatoms. The van der Waals surface area contributed by atoms with Gasteiger partial charge in [0, 0.05) is 25.5 Å². The molecule has 4 heterocycles. The Morgan fingerprint density at radius 3 is 2.67 bits per heavy atom. The summed E-state index contributed by atoms with van der Waals surface area (Å²) < 4.78 is 3.28. The molecule has 0 unspecified atom stereocenters. The second kappa shape index (κ2) is 7.92. The lowest BCUT2D eigenvalue weighted by atomic mass is 10.2. The molecule has 1 aliphatic heterocycles. The van der Waals surface area contributed by atoms with E-state index >= 15 is 0 Å². The highest BCUT2D eigenvalue weighted by Gasteiger charge is 2.14. The van der Waals surface area contributed by atoms with E-state index in [-0.39, 0.29) is 18.0 Å². The van der Waals surface area contributed by atoms with Crippen molar-refractivity contribution in [2.24, 2.45) is 0 Å². The summed E-state index contributed by atoms with van der Waals surface area (Å²) in [7, 11) is 0. The molecule has 0 radical (unpaired) electrons. The summed E-state index contributed by atoms with van der Waals surface area (Å²) in [5.74, 6) is -0.158. The molecule has 142 valence electrons. The van der Waals surface area contributed by atoms with Crippen LogP contribution in [0.5, 0.6) is 0 Å². The van der Waals surface area contributed by atoms with Crippen LogP contribution in [0.4, 0.5) is 0 Å². The minimum atomic E-state index is -0.200. The molecule has 0 bridgehead atoms. The lowest BCUT2D eigenvalue weighted by Crippen LogP contribution is -2.38. The van der Waals surface area contributed by atoms with Crippen molar-refractivity contribution in [2.75, 3.05) is 26.2 Å². The van der Waals surface area contributed by atoms with Gasteiger partial charge >= 0.3 is 0 Å². The van der Waals surface area contributed by atoms with Gasteiger partial charge in [-0.15, -0.1) is 0 Å².